The molecule has 10 heteroatoms. The van der Waals surface area contributed by atoms with Crippen molar-refractivity contribution in [1.29, 1.82) is 0 Å². The molecule has 0 aliphatic carbocycles. The van der Waals surface area contributed by atoms with Crippen molar-refractivity contribution >= 4 is 21.5 Å². The second kappa shape index (κ2) is 7.85. The van der Waals surface area contributed by atoms with Crippen LogP contribution < -0.4 is 10.1 Å². The lowest BCUT2D eigenvalue weighted by Gasteiger charge is -2.10. The SMILES string of the molecule is COc1cc(F)c(F)cc1-c1ncnc(Nc2cccc(CS(C)(=O)=O)c2)n1. The molecule has 0 amide bonds. The van der Waals surface area contributed by atoms with Gasteiger partial charge in [0.2, 0.25) is 5.95 Å². The number of nitrogens with zero attached hydrogens (tertiary/aromatic N) is 3. The zero-order chi connectivity index (χ0) is 20.3. The summed E-state index contributed by atoms with van der Waals surface area (Å²) in [4.78, 5) is 12.2. The van der Waals surface area contributed by atoms with E-state index in [0.717, 1.165) is 18.4 Å². The summed E-state index contributed by atoms with van der Waals surface area (Å²) in [5.41, 5.74) is 1.33. The fraction of sp³-hybridized carbons (Fsp3) is 0.167. The van der Waals surface area contributed by atoms with Gasteiger partial charge in [-0.15, -0.1) is 0 Å². The van der Waals surface area contributed by atoms with Crippen LogP contribution >= 0.6 is 0 Å². The predicted molar refractivity (Wildman–Crippen MR) is 100 cm³/mol. The maximum atomic E-state index is 13.6. The van der Waals surface area contributed by atoms with Crippen LogP contribution in [-0.4, -0.2) is 36.7 Å². The molecule has 0 saturated heterocycles. The zero-order valence-electron chi connectivity index (χ0n) is 15.0. The molecular formula is C18H16F2N4O3S. The van der Waals surface area contributed by atoms with Gasteiger partial charge in [-0.25, -0.2) is 27.2 Å². The summed E-state index contributed by atoms with van der Waals surface area (Å²) in [6.07, 6.45) is 2.37. The van der Waals surface area contributed by atoms with E-state index in [9.17, 15) is 17.2 Å². The molecule has 7 nitrogen and oxygen atoms in total. The van der Waals surface area contributed by atoms with E-state index in [1.807, 2.05) is 0 Å². The molecule has 1 N–H and O–H groups in total. The summed E-state index contributed by atoms with van der Waals surface area (Å²) in [6, 6.07) is 8.62. The lowest BCUT2D eigenvalue weighted by Crippen LogP contribution is -2.03. The zero-order valence-corrected chi connectivity index (χ0v) is 15.8. The van der Waals surface area contributed by atoms with Crippen LogP contribution in [0.2, 0.25) is 0 Å². The van der Waals surface area contributed by atoms with E-state index in [2.05, 4.69) is 20.3 Å². The Kier molecular flexibility index (Phi) is 5.50. The van der Waals surface area contributed by atoms with Gasteiger partial charge in [0.15, 0.2) is 27.3 Å². The minimum Gasteiger partial charge on any atom is -0.496 e. The van der Waals surface area contributed by atoms with E-state index in [1.54, 1.807) is 24.3 Å². The maximum absolute atomic E-state index is 13.6. The molecule has 0 aliphatic heterocycles. The molecule has 146 valence electrons. The average molecular weight is 406 g/mol. The molecular weight excluding hydrogens is 390 g/mol. The van der Waals surface area contributed by atoms with Gasteiger partial charge in [-0.1, -0.05) is 12.1 Å². The topological polar surface area (TPSA) is 94.1 Å². The number of sulfone groups is 1. The highest BCUT2D eigenvalue weighted by Gasteiger charge is 2.15. The van der Waals surface area contributed by atoms with Crippen molar-refractivity contribution in [3.63, 3.8) is 0 Å². The van der Waals surface area contributed by atoms with Crippen molar-refractivity contribution < 1.29 is 21.9 Å². The lowest BCUT2D eigenvalue weighted by molar-refractivity contribution is 0.408. The Morgan fingerprint density at radius 2 is 1.86 bits per heavy atom. The highest BCUT2D eigenvalue weighted by Crippen LogP contribution is 2.30. The summed E-state index contributed by atoms with van der Waals surface area (Å²) < 4.78 is 55.1. The second-order valence-electron chi connectivity index (χ2n) is 5.99. The molecule has 0 unspecified atom stereocenters. The van der Waals surface area contributed by atoms with Gasteiger partial charge < -0.3 is 10.1 Å². The predicted octanol–water partition coefficient (Wildman–Crippen LogP) is 3.11. The van der Waals surface area contributed by atoms with Crippen molar-refractivity contribution in [2.75, 3.05) is 18.7 Å². The van der Waals surface area contributed by atoms with Crippen LogP contribution in [0.15, 0.2) is 42.7 Å². The molecule has 1 aromatic heterocycles. The van der Waals surface area contributed by atoms with Crippen molar-refractivity contribution in [1.82, 2.24) is 15.0 Å². The molecule has 0 bridgehead atoms. The number of hydrogen-bond acceptors (Lipinski definition) is 7. The number of methoxy groups -OCH3 is 1. The van der Waals surface area contributed by atoms with E-state index in [0.29, 0.717) is 11.3 Å². The molecule has 0 atom stereocenters. The number of benzene rings is 2. The highest BCUT2D eigenvalue weighted by molar-refractivity contribution is 7.89. The number of rotatable bonds is 6. The first-order valence-corrected chi connectivity index (χ1v) is 10.1. The second-order valence-corrected chi connectivity index (χ2v) is 8.13. The van der Waals surface area contributed by atoms with Crippen molar-refractivity contribution in [3.05, 3.63) is 59.9 Å². The third kappa shape index (κ3) is 4.77. The number of hydrogen-bond donors (Lipinski definition) is 1. The minimum atomic E-state index is -3.17. The number of nitrogens with one attached hydrogen (secondary N) is 1. The van der Waals surface area contributed by atoms with Crippen molar-refractivity contribution in [2.45, 2.75) is 5.75 Å². The largest absolute Gasteiger partial charge is 0.496 e. The number of ether oxygens (including phenoxy) is 1. The summed E-state index contributed by atoms with van der Waals surface area (Å²) in [5, 5.41) is 2.94. The molecule has 0 fully saturated rings. The Morgan fingerprint density at radius 3 is 2.57 bits per heavy atom. The molecule has 0 saturated carbocycles. The smallest absolute Gasteiger partial charge is 0.230 e. The van der Waals surface area contributed by atoms with Crippen LogP contribution in [0.25, 0.3) is 11.4 Å². The minimum absolute atomic E-state index is 0.0752. The number of halogens is 2. The Balaban J connectivity index is 1.91. The average Bonchev–Trinajstić information content (AvgIpc) is 2.62. The Bertz CT molecular complexity index is 1120. The quantitative estimate of drug-likeness (QED) is 0.672. The number of anilines is 2. The number of aromatic nitrogens is 3. The fourth-order valence-electron chi connectivity index (χ4n) is 2.53. The first kappa shape index (κ1) is 19.6. The summed E-state index contributed by atoms with van der Waals surface area (Å²) in [6.45, 7) is 0. The molecule has 0 radical (unpaired) electrons. The van der Waals surface area contributed by atoms with Gasteiger partial charge in [-0.05, 0) is 23.8 Å². The third-order valence-electron chi connectivity index (χ3n) is 3.67. The van der Waals surface area contributed by atoms with Gasteiger partial charge >= 0.3 is 0 Å². The highest BCUT2D eigenvalue weighted by atomic mass is 32.2. The third-order valence-corrected chi connectivity index (χ3v) is 4.52. The monoisotopic (exact) mass is 406 g/mol. The maximum Gasteiger partial charge on any atom is 0.230 e. The fourth-order valence-corrected chi connectivity index (χ4v) is 3.31. The van der Waals surface area contributed by atoms with Crippen molar-refractivity contribution in [3.8, 4) is 17.1 Å². The van der Waals surface area contributed by atoms with Gasteiger partial charge in [0, 0.05) is 18.0 Å². The van der Waals surface area contributed by atoms with E-state index in [-0.39, 0.29) is 28.8 Å². The van der Waals surface area contributed by atoms with Crippen LogP contribution in [-0.2, 0) is 15.6 Å². The van der Waals surface area contributed by atoms with Crippen LogP contribution in [0, 0.1) is 11.6 Å². The van der Waals surface area contributed by atoms with Gasteiger partial charge in [0.05, 0.1) is 18.4 Å². The molecule has 0 spiro atoms. The standard InChI is InChI=1S/C18H16F2N4O3S/c1-27-16-8-15(20)14(19)7-13(16)17-21-10-22-18(24-17)23-12-5-3-4-11(6-12)9-28(2,25)26/h3-8,10H,9H2,1-2H3,(H,21,22,23,24). The summed E-state index contributed by atoms with van der Waals surface area (Å²) >= 11 is 0. The van der Waals surface area contributed by atoms with Gasteiger partial charge in [-0.2, -0.15) is 4.98 Å². The van der Waals surface area contributed by atoms with Crippen molar-refractivity contribution in [2.24, 2.45) is 0 Å². The Morgan fingerprint density at radius 1 is 1.11 bits per heavy atom. The van der Waals surface area contributed by atoms with Gasteiger partial charge in [-0.3, -0.25) is 0 Å². The molecule has 1 heterocycles. The van der Waals surface area contributed by atoms with Crippen LogP contribution in [0.3, 0.4) is 0 Å². The van der Waals surface area contributed by atoms with E-state index < -0.39 is 21.5 Å². The molecule has 2 aromatic carbocycles. The Labute approximate surface area is 160 Å². The van der Waals surface area contributed by atoms with Crippen LogP contribution in [0.1, 0.15) is 5.56 Å². The van der Waals surface area contributed by atoms with Crippen LogP contribution in [0.4, 0.5) is 20.4 Å². The van der Waals surface area contributed by atoms with E-state index in [4.69, 9.17) is 4.74 Å². The van der Waals surface area contributed by atoms with Gasteiger partial charge in [0.1, 0.15) is 12.1 Å². The van der Waals surface area contributed by atoms with Crippen LogP contribution in [0.5, 0.6) is 5.75 Å². The Hall–Kier alpha value is -3.14. The molecule has 3 aromatic rings. The molecule has 0 aliphatic rings. The van der Waals surface area contributed by atoms with E-state index >= 15 is 0 Å². The lowest BCUT2D eigenvalue weighted by atomic mass is 10.1. The molecule has 3 rings (SSSR count). The van der Waals surface area contributed by atoms with Gasteiger partial charge in [0.25, 0.3) is 0 Å². The first-order valence-electron chi connectivity index (χ1n) is 8.01. The molecule has 28 heavy (non-hydrogen) atoms. The first-order chi connectivity index (χ1) is 13.2. The van der Waals surface area contributed by atoms with E-state index in [1.165, 1.54) is 13.4 Å². The summed E-state index contributed by atoms with van der Waals surface area (Å²) in [5.74, 6) is -1.90. The normalized spacial score (nSPS) is 11.3. The summed E-state index contributed by atoms with van der Waals surface area (Å²) in [7, 11) is -1.85.